The largest absolute Gasteiger partial charge is 0.395 e. The Morgan fingerprint density at radius 3 is 2.42 bits per heavy atom. The van der Waals surface area contributed by atoms with Gasteiger partial charge in [-0.25, -0.2) is 0 Å². The van der Waals surface area contributed by atoms with Gasteiger partial charge in [-0.1, -0.05) is 12.1 Å². The zero-order valence-electron chi connectivity index (χ0n) is 14.8. The number of nitrogens with zero attached hydrogens (tertiary/aromatic N) is 3. The van der Waals surface area contributed by atoms with Crippen molar-refractivity contribution in [3.63, 3.8) is 0 Å². The van der Waals surface area contributed by atoms with Crippen molar-refractivity contribution in [1.82, 2.24) is 9.80 Å². The summed E-state index contributed by atoms with van der Waals surface area (Å²) in [6, 6.07) is 6.25. The normalized spacial score (nSPS) is 14.7. The second-order valence-electron chi connectivity index (χ2n) is 6.11. The highest BCUT2D eigenvalue weighted by Gasteiger charge is 2.29. The molecular weight excluding hydrogens is 306 g/mol. The van der Waals surface area contributed by atoms with E-state index in [9.17, 15) is 9.59 Å². The first kappa shape index (κ1) is 18.3. The van der Waals surface area contributed by atoms with Crippen LogP contribution in [0.4, 0.5) is 5.69 Å². The molecular formula is C18H27N3O3. The molecule has 0 radical (unpaired) electrons. The molecule has 1 aromatic rings. The van der Waals surface area contributed by atoms with Crippen LogP contribution < -0.4 is 4.90 Å². The number of aliphatic hydroxyl groups is 1. The number of rotatable bonds is 4. The number of likely N-dealkylation sites (N-methyl/N-ethyl adjacent to an activating group) is 1. The molecule has 1 fully saturated rings. The number of benzene rings is 1. The number of carbonyl (C=O) groups is 2. The molecule has 2 amide bonds. The van der Waals surface area contributed by atoms with E-state index in [-0.39, 0.29) is 13.2 Å². The summed E-state index contributed by atoms with van der Waals surface area (Å²) in [6.45, 7) is 9.01. The monoisotopic (exact) mass is 333 g/mol. The molecule has 1 aliphatic rings. The standard InChI is InChI=1S/C18H27N3O3/c1-4-19(12-13-22)17(23)18(24)21-10-8-20(9-11-21)16-7-5-6-14(2)15(16)3/h5-7,22H,4,8-13H2,1-3H3. The first-order valence-electron chi connectivity index (χ1n) is 8.49. The van der Waals surface area contributed by atoms with Crippen LogP contribution in [-0.2, 0) is 9.59 Å². The van der Waals surface area contributed by atoms with Crippen LogP contribution in [0.5, 0.6) is 0 Å². The molecule has 1 aromatic carbocycles. The number of hydrogen-bond acceptors (Lipinski definition) is 4. The fourth-order valence-corrected chi connectivity index (χ4v) is 3.02. The van der Waals surface area contributed by atoms with Gasteiger partial charge in [0.15, 0.2) is 0 Å². The summed E-state index contributed by atoms with van der Waals surface area (Å²) in [6.07, 6.45) is 0. The molecule has 0 atom stereocenters. The molecule has 0 saturated carbocycles. The SMILES string of the molecule is CCN(CCO)C(=O)C(=O)N1CCN(c2cccc(C)c2C)CC1. The van der Waals surface area contributed by atoms with E-state index in [0.29, 0.717) is 19.6 Å². The lowest BCUT2D eigenvalue weighted by atomic mass is 10.1. The zero-order chi connectivity index (χ0) is 17.7. The van der Waals surface area contributed by atoms with E-state index < -0.39 is 11.8 Å². The maximum Gasteiger partial charge on any atom is 0.312 e. The molecule has 0 bridgehead atoms. The van der Waals surface area contributed by atoms with Gasteiger partial charge in [0, 0.05) is 45.0 Å². The van der Waals surface area contributed by atoms with Crippen LogP contribution in [-0.4, -0.2) is 72.6 Å². The summed E-state index contributed by atoms with van der Waals surface area (Å²) < 4.78 is 0. The first-order valence-corrected chi connectivity index (χ1v) is 8.49. The highest BCUT2D eigenvalue weighted by atomic mass is 16.3. The van der Waals surface area contributed by atoms with E-state index in [4.69, 9.17) is 5.11 Å². The molecule has 0 unspecified atom stereocenters. The van der Waals surface area contributed by atoms with Gasteiger partial charge in [-0.3, -0.25) is 9.59 Å². The Morgan fingerprint density at radius 1 is 1.17 bits per heavy atom. The van der Waals surface area contributed by atoms with Gasteiger partial charge in [-0.05, 0) is 38.0 Å². The van der Waals surface area contributed by atoms with Crippen molar-refractivity contribution in [2.24, 2.45) is 0 Å². The average Bonchev–Trinajstić information content (AvgIpc) is 2.61. The molecule has 24 heavy (non-hydrogen) atoms. The maximum atomic E-state index is 12.4. The summed E-state index contributed by atoms with van der Waals surface area (Å²) in [4.78, 5) is 29.9. The third kappa shape index (κ3) is 3.87. The van der Waals surface area contributed by atoms with Crippen LogP contribution in [0.3, 0.4) is 0 Å². The van der Waals surface area contributed by atoms with Gasteiger partial charge in [0.1, 0.15) is 0 Å². The van der Waals surface area contributed by atoms with Crippen LogP contribution in [0.2, 0.25) is 0 Å². The van der Waals surface area contributed by atoms with Crippen molar-refractivity contribution in [3.8, 4) is 0 Å². The minimum absolute atomic E-state index is 0.132. The van der Waals surface area contributed by atoms with E-state index in [2.05, 4.69) is 30.9 Å². The third-order valence-corrected chi connectivity index (χ3v) is 4.71. The lowest BCUT2D eigenvalue weighted by molar-refractivity contribution is -0.152. The van der Waals surface area contributed by atoms with E-state index in [1.807, 2.05) is 6.07 Å². The van der Waals surface area contributed by atoms with Gasteiger partial charge in [0.25, 0.3) is 0 Å². The number of hydrogen-bond donors (Lipinski definition) is 1. The number of anilines is 1. The molecule has 0 spiro atoms. The topological polar surface area (TPSA) is 64.1 Å². The Bertz CT molecular complexity index is 595. The molecule has 1 saturated heterocycles. The molecule has 6 heteroatoms. The highest BCUT2D eigenvalue weighted by molar-refractivity contribution is 6.34. The van der Waals surface area contributed by atoms with Gasteiger partial charge in [0.2, 0.25) is 0 Å². The Kier molecular flexibility index (Phi) is 6.20. The van der Waals surface area contributed by atoms with Crippen molar-refractivity contribution < 1.29 is 14.7 Å². The fraction of sp³-hybridized carbons (Fsp3) is 0.556. The van der Waals surface area contributed by atoms with Gasteiger partial charge < -0.3 is 19.8 Å². The molecule has 0 aromatic heterocycles. The second-order valence-corrected chi connectivity index (χ2v) is 6.11. The average molecular weight is 333 g/mol. The Hall–Kier alpha value is -2.08. The number of aryl methyl sites for hydroxylation is 1. The van der Waals surface area contributed by atoms with E-state index in [1.165, 1.54) is 21.7 Å². The van der Waals surface area contributed by atoms with Gasteiger partial charge in [-0.2, -0.15) is 0 Å². The zero-order valence-corrected chi connectivity index (χ0v) is 14.8. The number of aliphatic hydroxyl groups excluding tert-OH is 1. The van der Waals surface area contributed by atoms with Crippen molar-refractivity contribution in [2.45, 2.75) is 20.8 Å². The van der Waals surface area contributed by atoms with Gasteiger partial charge in [0.05, 0.1) is 6.61 Å². The van der Waals surface area contributed by atoms with Gasteiger partial charge >= 0.3 is 11.8 Å². The quantitative estimate of drug-likeness (QED) is 0.828. The van der Waals surface area contributed by atoms with Crippen molar-refractivity contribution in [2.75, 3.05) is 50.8 Å². The third-order valence-electron chi connectivity index (χ3n) is 4.71. The van der Waals surface area contributed by atoms with Crippen LogP contribution in [0, 0.1) is 13.8 Å². The highest BCUT2D eigenvalue weighted by Crippen LogP contribution is 2.23. The number of amides is 2. The fourth-order valence-electron chi connectivity index (χ4n) is 3.02. The van der Waals surface area contributed by atoms with Gasteiger partial charge in [-0.15, -0.1) is 0 Å². The van der Waals surface area contributed by atoms with Crippen LogP contribution in [0.25, 0.3) is 0 Å². The Balaban J connectivity index is 1.98. The number of carbonyl (C=O) groups excluding carboxylic acids is 2. The minimum atomic E-state index is -0.522. The Morgan fingerprint density at radius 2 is 1.83 bits per heavy atom. The Labute approximate surface area is 143 Å². The lowest BCUT2D eigenvalue weighted by Gasteiger charge is -2.37. The predicted molar refractivity (Wildman–Crippen MR) is 94.0 cm³/mol. The number of piperazine rings is 1. The summed E-state index contributed by atoms with van der Waals surface area (Å²) in [5, 5.41) is 8.99. The first-order chi connectivity index (χ1) is 11.5. The van der Waals surface area contributed by atoms with Crippen LogP contribution in [0.1, 0.15) is 18.1 Å². The van der Waals surface area contributed by atoms with Crippen molar-refractivity contribution in [3.05, 3.63) is 29.3 Å². The van der Waals surface area contributed by atoms with E-state index in [0.717, 1.165) is 13.1 Å². The lowest BCUT2D eigenvalue weighted by Crippen LogP contribution is -2.53. The molecule has 0 aliphatic carbocycles. The summed E-state index contributed by atoms with van der Waals surface area (Å²) in [7, 11) is 0. The van der Waals surface area contributed by atoms with Crippen LogP contribution >= 0.6 is 0 Å². The minimum Gasteiger partial charge on any atom is -0.395 e. The second kappa shape index (κ2) is 8.15. The molecule has 1 aliphatic heterocycles. The molecule has 1 N–H and O–H groups in total. The van der Waals surface area contributed by atoms with Crippen molar-refractivity contribution in [1.29, 1.82) is 0 Å². The molecule has 132 valence electrons. The summed E-state index contributed by atoms with van der Waals surface area (Å²) in [5.41, 5.74) is 3.71. The van der Waals surface area contributed by atoms with E-state index in [1.54, 1.807) is 11.8 Å². The molecule has 1 heterocycles. The molecule has 6 nitrogen and oxygen atoms in total. The maximum absolute atomic E-state index is 12.4. The van der Waals surface area contributed by atoms with Crippen LogP contribution in [0.15, 0.2) is 18.2 Å². The van der Waals surface area contributed by atoms with E-state index >= 15 is 0 Å². The molecule has 2 rings (SSSR count). The van der Waals surface area contributed by atoms with Crippen molar-refractivity contribution >= 4 is 17.5 Å². The summed E-state index contributed by atoms with van der Waals surface area (Å²) >= 11 is 0. The summed E-state index contributed by atoms with van der Waals surface area (Å²) in [5.74, 6) is -0.988. The predicted octanol–water partition coefficient (Wildman–Crippen LogP) is 0.793. The smallest absolute Gasteiger partial charge is 0.312 e.